The molecule has 0 unspecified atom stereocenters. The Morgan fingerprint density at radius 2 is 2.12 bits per heavy atom. The average molecular weight is 219 g/mol. The van der Waals surface area contributed by atoms with Crippen molar-refractivity contribution < 1.29 is 14.3 Å². The van der Waals surface area contributed by atoms with Crippen molar-refractivity contribution in [3.63, 3.8) is 0 Å². The maximum atomic E-state index is 11.3. The molecule has 2 rings (SSSR count). The Labute approximate surface area is 93.8 Å². The summed E-state index contributed by atoms with van der Waals surface area (Å²) in [5.41, 5.74) is 1.63. The Balaban J connectivity index is 2.47. The molecule has 1 aliphatic heterocycles. The molecule has 0 saturated carbocycles. The Morgan fingerprint density at radius 1 is 1.38 bits per heavy atom. The average Bonchev–Trinajstić information content (AvgIpc) is 2.27. The Bertz CT molecular complexity index is 454. The summed E-state index contributed by atoms with van der Waals surface area (Å²) < 4.78 is 5.20. The van der Waals surface area contributed by atoms with E-state index in [9.17, 15) is 9.59 Å². The molecule has 1 heterocycles. The van der Waals surface area contributed by atoms with E-state index >= 15 is 0 Å². The van der Waals surface area contributed by atoms with Gasteiger partial charge in [0.05, 0.1) is 12.1 Å². The first-order valence-corrected chi connectivity index (χ1v) is 5.16. The number of hydrogen-bond acceptors (Lipinski definition) is 3. The van der Waals surface area contributed by atoms with Crippen molar-refractivity contribution in [2.45, 2.75) is 19.8 Å². The molecule has 0 bridgehead atoms. The van der Waals surface area contributed by atoms with Crippen LogP contribution in [0.25, 0.3) is 0 Å². The molecule has 1 aromatic rings. The molecule has 1 aromatic carbocycles. The lowest BCUT2D eigenvalue weighted by Gasteiger charge is -2.23. The van der Waals surface area contributed by atoms with E-state index in [1.54, 1.807) is 13.1 Å². The highest BCUT2D eigenvalue weighted by molar-refractivity contribution is 5.94. The van der Waals surface area contributed by atoms with Gasteiger partial charge in [0.1, 0.15) is 0 Å². The van der Waals surface area contributed by atoms with Gasteiger partial charge in [-0.1, -0.05) is 12.1 Å². The number of ether oxygens (including phenoxy) is 1. The van der Waals surface area contributed by atoms with Crippen LogP contribution in [-0.2, 0) is 16.0 Å². The lowest BCUT2D eigenvalue weighted by Crippen LogP contribution is -2.25. The van der Waals surface area contributed by atoms with E-state index < -0.39 is 0 Å². The summed E-state index contributed by atoms with van der Waals surface area (Å²) in [5, 5.41) is 0. The van der Waals surface area contributed by atoms with Crippen LogP contribution in [0.4, 0.5) is 5.69 Å². The van der Waals surface area contributed by atoms with Gasteiger partial charge in [-0.15, -0.1) is 0 Å². The molecule has 1 aliphatic rings. The zero-order valence-electron chi connectivity index (χ0n) is 9.32. The van der Waals surface area contributed by atoms with Crippen molar-refractivity contribution in [3.8, 4) is 5.75 Å². The zero-order valence-corrected chi connectivity index (χ0v) is 9.32. The second kappa shape index (κ2) is 3.96. The third-order valence-electron chi connectivity index (χ3n) is 2.72. The Morgan fingerprint density at radius 3 is 2.81 bits per heavy atom. The predicted molar refractivity (Wildman–Crippen MR) is 59.5 cm³/mol. The van der Waals surface area contributed by atoms with Gasteiger partial charge in [-0.2, -0.15) is 0 Å². The Hall–Kier alpha value is -1.84. The number of carbonyl (C=O) groups is 2. The summed E-state index contributed by atoms with van der Waals surface area (Å²) >= 11 is 0. The number of amides is 1. The summed E-state index contributed by atoms with van der Waals surface area (Å²) in [6.45, 7) is 1.48. The normalized spacial score (nSPS) is 14.0. The van der Waals surface area contributed by atoms with Crippen LogP contribution in [0.3, 0.4) is 0 Å². The van der Waals surface area contributed by atoms with Crippen molar-refractivity contribution in [1.29, 1.82) is 0 Å². The van der Waals surface area contributed by atoms with Gasteiger partial charge in [0.15, 0.2) is 5.75 Å². The van der Waals surface area contributed by atoms with E-state index in [1.807, 2.05) is 12.1 Å². The lowest BCUT2D eigenvalue weighted by molar-refractivity contribution is -0.135. The number of fused-ring (bicyclic) bond motifs is 1. The molecule has 0 radical (unpaired) electrons. The van der Waals surface area contributed by atoms with Crippen LogP contribution in [0.1, 0.15) is 18.9 Å². The zero-order chi connectivity index (χ0) is 11.7. The van der Waals surface area contributed by atoms with E-state index in [-0.39, 0.29) is 11.9 Å². The number of rotatable bonds is 1. The lowest BCUT2D eigenvalue weighted by atomic mass is 10.0. The van der Waals surface area contributed by atoms with Gasteiger partial charge >= 0.3 is 5.97 Å². The Kier molecular flexibility index (Phi) is 2.64. The minimum Gasteiger partial charge on any atom is -0.424 e. The van der Waals surface area contributed by atoms with Gasteiger partial charge < -0.3 is 9.64 Å². The summed E-state index contributed by atoms with van der Waals surface area (Å²) in [6.07, 6.45) is 1.08. The van der Waals surface area contributed by atoms with E-state index in [0.29, 0.717) is 24.3 Å². The third-order valence-corrected chi connectivity index (χ3v) is 2.72. The maximum absolute atomic E-state index is 11.3. The molecule has 0 N–H and O–H groups in total. The van der Waals surface area contributed by atoms with Crippen molar-refractivity contribution in [1.82, 2.24) is 0 Å². The first-order chi connectivity index (χ1) is 7.59. The van der Waals surface area contributed by atoms with Crippen molar-refractivity contribution >= 4 is 17.6 Å². The van der Waals surface area contributed by atoms with Gasteiger partial charge in [0.2, 0.25) is 5.91 Å². The van der Waals surface area contributed by atoms with Crippen LogP contribution in [0.2, 0.25) is 0 Å². The van der Waals surface area contributed by atoms with Gasteiger partial charge in [-0.3, -0.25) is 9.59 Å². The van der Waals surface area contributed by atoms with Crippen LogP contribution in [-0.4, -0.2) is 18.9 Å². The fourth-order valence-corrected chi connectivity index (χ4v) is 1.72. The topological polar surface area (TPSA) is 46.6 Å². The predicted octanol–water partition coefficient (Wildman–Crippen LogP) is 1.52. The van der Waals surface area contributed by atoms with Crippen molar-refractivity contribution in [2.24, 2.45) is 0 Å². The van der Waals surface area contributed by atoms with E-state index in [0.717, 1.165) is 5.56 Å². The minimum atomic E-state index is -0.239. The molecule has 0 fully saturated rings. The largest absolute Gasteiger partial charge is 0.424 e. The fourth-order valence-electron chi connectivity index (χ4n) is 1.72. The van der Waals surface area contributed by atoms with Crippen LogP contribution in [0.15, 0.2) is 18.2 Å². The molecule has 0 atom stereocenters. The molecule has 0 saturated heterocycles. The monoisotopic (exact) mass is 219 g/mol. The number of aryl methyl sites for hydroxylation is 1. The second-order valence-electron chi connectivity index (χ2n) is 3.82. The van der Waals surface area contributed by atoms with Gasteiger partial charge in [0.25, 0.3) is 0 Å². The van der Waals surface area contributed by atoms with E-state index in [1.165, 1.54) is 11.8 Å². The van der Waals surface area contributed by atoms with Gasteiger partial charge in [-0.25, -0.2) is 0 Å². The minimum absolute atomic E-state index is 0.0879. The number of esters is 1. The summed E-state index contributed by atoms with van der Waals surface area (Å²) in [6, 6.07) is 5.56. The number of anilines is 1. The highest BCUT2D eigenvalue weighted by Crippen LogP contribution is 2.35. The standard InChI is InChI=1S/C12H13NO3/c1-8(14)13(2)10-5-3-4-9-6-7-11(15)16-12(9)10/h3-5H,6-7H2,1-2H3. The molecular formula is C12H13NO3. The van der Waals surface area contributed by atoms with Crippen LogP contribution >= 0.6 is 0 Å². The molecule has 0 aliphatic carbocycles. The maximum Gasteiger partial charge on any atom is 0.311 e. The summed E-state index contributed by atoms with van der Waals surface area (Å²) in [7, 11) is 1.67. The molecule has 4 heteroatoms. The van der Waals surface area contributed by atoms with E-state index in [4.69, 9.17) is 4.74 Å². The summed E-state index contributed by atoms with van der Waals surface area (Å²) in [5.74, 6) is 0.198. The molecular weight excluding hydrogens is 206 g/mol. The highest BCUT2D eigenvalue weighted by atomic mass is 16.5. The molecule has 1 amide bonds. The number of hydrogen-bond donors (Lipinski definition) is 0. The first-order valence-electron chi connectivity index (χ1n) is 5.16. The van der Waals surface area contributed by atoms with Crippen molar-refractivity contribution in [2.75, 3.05) is 11.9 Å². The smallest absolute Gasteiger partial charge is 0.311 e. The molecule has 0 spiro atoms. The molecule has 4 nitrogen and oxygen atoms in total. The highest BCUT2D eigenvalue weighted by Gasteiger charge is 2.22. The van der Waals surface area contributed by atoms with Crippen molar-refractivity contribution in [3.05, 3.63) is 23.8 Å². The van der Waals surface area contributed by atoms with Crippen LogP contribution in [0.5, 0.6) is 5.75 Å². The first kappa shape index (κ1) is 10.7. The van der Waals surface area contributed by atoms with Gasteiger partial charge in [-0.05, 0) is 18.1 Å². The second-order valence-corrected chi connectivity index (χ2v) is 3.82. The number of carbonyl (C=O) groups excluding carboxylic acids is 2. The molecule has 16 heavy (non-hydrogen) atoms. The fraction of sp³-hybridized carbons (Fsp3) is 0.333. The number of benzene rings is 1. The van der Waals surface area contributed by atoms with Gasteiger partial charge in [0, 0.05) is 14.0 Å². The van der Waals surface area contributed by atoms with E-state index in [2.05, 4.69) is 0 Å². The number of nitrogens with zero attached hydrogens (tertiary/aromatic N) is 1. The SMILES string of the molecule is CC(=O)N(C)c1cccc2c1OC(=O)CC2. The summed E-state index contributed by atoms with van der Waals surface area (Å²) in [4.78, 5) is 24.0. The van der Waals surface area contributed by atoms with Crippen LogP contribution in [0, 0.1) is 0 Å². The van der Waals surface area contributed by atoms with Crippen LogP contribution < -0.4 is 9.64 Å². The molecule has 84 valence electrons. The quantitative estimate of drug-likeness (QED) is 0.531. The molecule has 0 aromatic heterocycles. The third kappa shape index (κ3) is 1.78. The number of para-hydroxylation sites is 1.